The summed E-state index contributed by atoms with van der Waals surface area (Å²) in [5, 5.41) is 21.4. The van der Waals surface area contributed by atoms with Crippen molar-refractivity contribution >= 4 is 17.4 Å². The molecule has 2 aromatic carbocycles. The standard InChI is InChI=1S/C26H24ClFN4O3/c1-30-9-10-32(26(30)35)23-5-4-16(11-22(23)27)20-13-18(28)14-21(25(20)34)17-6-7-29-24(12-17)31-8-2-3-19(33)15-31/h4-7,9-14,19,33-34H,2-3,8,15H2,1H3/t19-/m1/s1. The van der Waals surface area contributed by atoms with Gasteiger partial charge in [-0.25, -0.2) is 14.2 Å². The van der Waals surface area contributed by atoms with Crippen LogP contribution in [0.25, 0.3) is 27.9 Å². The minimum absolute atomic E-state index is 0.0945. The van der Waals surface area contributed by atoms with Gasteiger partial charge in [-0.1, -0.05) is 17.7 Å². The van der Waals surface area contributed by atoms with Crippen molar-refractivity contribution in [1.82, 2.24) is 14.1 Å². The summed E-state index contributed by atoms with van der Waals surface area (Å²) in [6.45, 7) is 1.25. The molecule has 7 nitrogen and oxygen atoms in total. The van der Waals surface area contributed by atoms with Gasteiger partial charge in [0.1, 0.15) is 17.4 Å². The summed E-state index contributed by atoms with van der Waals surface area (Å²) < 4.78 is 17.6. The maximum absolute atomic E-state index is 14.7. The number of aliphatic hydroxyl groups is 1. The lowest BCUT2D eigenvalue weighted by Crippen LogP contribution is -2.38. The molecule has 1 atom stereocenters. The molecule has 0 aliphatic carbocycles. The molecule has 0 radical (unpaired) electrons. The molecule has 4 aromatic rings. The largest absolute Gasteiger partial charge is 0.507 e. The topological polar surface area (TPSA) is 83.5 Å². The second-order valence-corrected chi connectivity index (χ2v) is 9.13. The van der Waals surface area contributed by atoms with Crippen LogP contribution >= 0.6 is 11.6 Å². The molecule has 3 heterocycles. The van der Waals surface area contributed by atoms with Gasteiger partial charge in [0.05, 0.1) is 16.8 Å². The number of aromatic nitrogens is 3. The Labute approximate surface area is 206 Å². The van der Waals surface area contributed by atoms with Crippen LogP contribution in [-0.4, -0.2) is 43.5 Å². The van der Waals surface area contributed by atoms with Crippen molar-refractivity contribution in [3.63, 3.8) is 0 Å². The van der Waals surface area contributed by atoms with Crippen LogP contribution in [0, 0.1) is 5.82 Å². The van der Waals surface area contributed by atoms with Crippen molar-refractivity contribution < 1.29 is 14.6 Å². The number of anilines is 1. The molecule has 1 aliphatic heterocycles. The first-order chi connectivity index (χ1) is 16.8. The molecule has 0 amide bonds. The average Bonchev–Trinajstić information content (AvgIpc) is 3.18. The first-order valence-electron chi connectivity index (χ1n) is 11.3. The number of aryl methyl sites for hydroxylation is 1. The van der Waals surface area contributed by atoms with Gasteiger partial charge < -0.3 is 19.7 Å². The number of imidazole rings is 1. The van der Waals surface area contributed by atoms with E-state index in [4.69, 9.17) is 11.6 Å². The molecule has 0 spiro atoms. The number of nitrogens with zero attached hydrogens (tertiary/aromatic N) is 4. The maximum atomic E-state index is 14.7. The van der Waals surface area contributed by atoms with Crippen LogP contribution in [0.5, 0.6) is 5.75 Å². The van der Waals surface area contributed by atoms with E-state index >= 15 is 0 Å². The smallest absolute Gasteiger partial charge is 0.332 e. The predicted octanol–water partition coefficient (Wildman–Crippen LogP) is 4.36. The highest BCUT2D eigenvalue weighted by Crippen LogP contribution is 2.41. The summed E-state index contributed by atoms with van der Waals surface area (Å²) in [6, 6.07) is 11.0. The molecule has 1 fully saturated rings. The highest BCUT2D eigenvalue weighted by atomic mass is 35.5. The van der Waals surface area contributed by atoms with Crippen molar-refractivity contribution in [1.29, 1.82) is 0 Å². The minimum Gasteiger partial charge on any atom is -0.507 e. The van der Waals surface area contributed by atoms with Crippen LogP contribution in [-0.2, 0) is 7.05 Å². The van der Waals surface area contributed by atoms with E-state index < -0.39 is 11.9 Å². The molecule has 180 valence electrons. The zero-order valence-electron chi connectivity index (χ0n) is 19.0. The Hall–Kier alpha value is -3.62. The lowest BCUT2D eigenvalue weighted by molar-refractivity contribution is 0.154. The predicted molar refractivity (Wildman–Crippen MR) is 134 cm³/mol. The third-order valence-electron chi connectivity index (χ3n) is 6.32. The summed E-state index contributed by atoms with van der Waals surface area (Å²) in [5.74, 6) is 0.0501. The molecule has 0 saturated carbocycles. The quantitative estimate of drug-likeness (QED) is 0.440. The molecule has 2 N–H and O–H groups in total. The Morgan fingerprint density at radius 3 is 2.49 bits per heavy atom. The van der Waals surface area contributed by atoms with Gasteiger partial charge >= 0.3 is 5.69 Å². The van der Waals surface area contributed by atoms with Crippen LogP contribution < -0.4 is 10.6 Å². The third-order valence-corrected chi connectivity index (χ3v) is 6.62. The number of halogens is 2. The fourth-order valence-corrected chi connectivity index (χ4v) is 4.75. The molecule has 0 bridgehead atoms. The van der Waals surface area contributed by atoms with E-state index in [0.717, 1.165) is 19.4 Å². The molecular formula is C26H24ClFN4O3. The fraction of sp³-hybridized carbons (Fsp3) is 0.231. The van der Waals surface area contributed by atoms with E-state index in [0.29, 0.717) is 34.7 Å². The Morgan fingerprint density at radius 1 is 1.09 bits per heavy atom. The monoisotopic (exact) mass is 494 g/mol. The molecule has 5 rings (SSSR count). The summed E-state index contributed by atoms with van der Waals surface area (Å²) in [6.07, 6.45) is 6.05. The molecule has 1 saturated heterocycles. The molecule has 9 heteroatoms. The first-order valence-corrected chi connectivity index (χ1v) is 11.7. The Kier molecular flexibility index (Phi) is 6.08. The van der Waals surface area contributed by atoms with Crippen molar-refractivity contribution in [3.8, 4) is 33.7 Å². The summed E-state index contributed by atoms with van der Waals surface area (Å²) in [5.41, 5.74) is 1.95. The Morgan fingerprint density at radius 2 is 1.83 bits per heavy atom. The number of β-amino-alcohol motifs (C(OH)–C–C–N with tert-alkyl or cyclic N) is 1. The van der Waals surface area contributed by atoms with Crippen LogP contribution in [0.2, 0.25) is 5.02 Å². The van der Waals surface area contributed by atoms with Gasteiger partial charge in [-0.2, -0.15) is 0 Å². The number of hydrogen-bond acceptors (Lipinski definition) is 5. The molecule has 2 aromatic heterocycles. The van der Waals surface area contributed by atoms with Gasteiger partial charge in [0, 0.05) is 49.9 Å². The van der Waals surface area contributed by atoms with Crippen molar-refractivity contribution in [2.45, 2.75) is 18.9 Å². The van der Waals surface area contributed by atoms with E-state index in [1.54, 1.807) is 56.0 Å². The lowest BCUT2D eigenvalue weighted by atomic mass is 9.97. The maximum Gasteiger partial charge on any atom is 0.332 e. The fourth-order valence-electron chi connectivity index (χ4n) is 4.48. The average molecular weight is 495 g/mol. The lowest BCUT2D eigenvalue weighted by Gasteiger charge is -2.31. The minimum atomic E-state index is -0.515. The summed E-state index contributed by atoms with van der Waals surface area (Å²) in [7, 11) is 1.64. The second kappa shape index (κ2) is 9.20. The van der Waals surface area contributed by atoms with Crippen LogP contribution in [0.4, 0.5) is 10.2 Å². The van der Waals surface area contributed by atoms with Crippen LogP contribution in [0.15, 0.2) is 65.8 Å². The van der Waals surface area contributed by atoms with E-state index in [2.05, 4.69) is 4.98 Å². The molecule has 0 unspecified atom stereocenters. The van der Waals surface area contributed by atoms with Gasteiger partial charge in [-0.15, -0.1) is 0 Å². The number of pyridine rings is 1. The number of piperidine rings is 1. The summed E-state index contributed by atoms with van der Waals surface area (Å²) in [4.78, 5) is 18.7. The van der Waals surface area contributed by atoms with Crippen LogP contribution in [0.1, 0.15) is 12.8 Å². The van der Waals surface area contributed by atoms with E-state index in [1.165, 1.54) is 21.3 Å². The van der Waals surface area contributed by atoms with Crippen LogP contribution in [0.3, 0.4) is 0 Å². The van der Waals surface area contributed by atoms with E-state index in [1.807, 2.05) is 4.90 Å². The van der Waals surface area contributed by atoms with E-state index in [9.17, 15) is 19.4 Å². The number of benzene rings is 2. The zero-order valence-corrected chi connectivity index (χ0v) is 19.8. The zero-order chi connectivity index (χ0) is 24.7. The van der Waals surface area contributed by atoms with Crippen molar-refractivity contribution in [2.24, 2.45) is 7.05 Å². The molecule has 35 heavy (non-hydrogen) atoms. The SMILES string of the molecule is Cn1ccn(-c2ccc(-c3cc(F)cc(-c4ccnc(N5CCC[C@@H](O)C5)c4)c3O)cc2Cl)c1=O. The number of phenolic OH excluding ortho intramolecular Hbond substituents is 1. The van der Waals surface area contributed by atoms with Gasteiger partial charge in [-0.05, 0) is 60.4 Å². The number of aromatic hydroxyl groups is 1. The molecular weight excluding hydrogens is 471 g/mol. The normalized spacial score (nSPS) is 16.0. The second-order valence-electron chi connectivity index (χ2n) is 8.72. The number of hydrogen-bond donors (Lipinski definition) is 2. The first kappa shape index (κ1) is 23.1. The number of aliphatic hydroxyl groups excluding tert-OH is 1. The summed E-state index contributed by atoms with van der Waals surface area (Å²) >= 11 is 6.48. The van der Waals surface area contributed by atoms with Crippen molar-refractivity contribution in [3.05, 3.63) is 82.4 Å². The van der Waals surface area contributed by atoms with Crippen molar-refractivity contribution in [2.75, 3.05) is 18.0 Å². The van der Waals surface area contributed by atoms with E-state index in [-0.39, 0.29) is 22.0 Å². The third kappa shape index (κ3) is 4.42. The van der Waals surface area contributed by atoms with Gasteiger partial charge in [0.15, 0.2) is 0 Å². The van der Waals surface area contributed by atoms with Gasteiger partial charge in [0.25, 0.3) is 0 Å². The number of rotatable bonds is 4. The highest BCUT2D eigenvalue weighted by Gasteiger charge is 2.21. The van der Waals surface area contributed by atoms with Gasteiger partial charge in [-0.3, -0.25) is 4.57 Å². The Balaban J connectivity index is 1.54. The number of phenols is 1. The highest BCUT2D eigenvalue weighted by molar-refractivity contribution is 6.32. The van der Waals surface area contributed by atoms with Gasteiger partial charge in [0.2, 0.25) is 0 Å². The Bertz CT molecular complexity index is 1470. The molecule has 1 aliphatic rings.